The highest BCUT2D eigenvalue weighted by molar-refractivity contribution is 7.99. The number of nitrogen functional groups attached to an aromatic ring is 1. The number of hydrogen-bond donors (Lipinski definition) is 2. The third-order valence-electron chi connectivity index (χ3n) is 2.31. The monoisotopic (exact) mass is 281 g/mol. The summed E-state index contributed by atoms with van der Waals surface area (Å²) < 4.78 is 5.90. The highest BCUT2D eigenvalue weighted by Gasteiger charge is 2.14. The van der Waals surface area contributed by atoms with Crippen LogP contribution in [0, 0.1) is 0 Å². The van der Waals surface area contributed by atoms with Gasteiger partial charge >= 0.3 is 11.7 Å². The Morgan fingerprint density at radius 3 is 2.84 bits per heavy atom. The Hall–Kier alpha value is -2.29. The molecule has 0 aliphatic heterocycles. The number of nitrogens with zero attached hydrogens (tertiary/aromatic N) is 3. The van der Waals surface area contributed by atoms with Crippen LogP contribution in [0.5, 0.6) is 0 Å². The Bertz CT molecular complexity index is 678. The SMILES string of the molecule is COC(=O)c1ccc(N)c(Sc2n[nH]c(=O)n2C)n1. The van der Waals surface area contributed by atoms with Gasteiger partial charge in [-0.25, -0.2) is 19.7 Å². The molecule has 2 aromatic rings. The number of aromatic amines is 1. The topological polar surface area (TPSA) is 116 Å². The first-order chi connectivity index (χ1) is 9.02. The first-order valence-corrected chi connectivity index (χ1v) is 5.98. The number of nitrogens with two attached hydrogens (primary N) is 1. The number of pyridine rings is 1. The van der Waals surface area contributed by atoms with Crippen LogP contribution in [0.25, 0.3) is 0 Å². The molecule has 0 radical (unpaired) electrons. The summed E-state index contributed by atoms with van der Waals surface area (Å²) in [6.45, 7) is 0. The summed E-state index contributed by atoms with van der Waals surface area (Å²) in [5, 5.41) is 6.90. The lowest BCUT2D eigenvalue weighted by Gasteiger charge is -2.05. The molecule has 19 heavy (non-hydrogen) atoms. The van der Waals surface area contributed by atoms with Crippen LogP contribution in [-0.2, 0) is 11.8 Å². The van der Waals surface area contributed by atoms with E-state index in [0.29, 0.717) is 15.9 Å². The molecular formula is C10H11N5O3S. The maximum absolute atomic E-state index is 11.4. The summed E-state index contributed by atoms with van der Waals surface area (Å²) in [6.07, 6.45) is 0. The molecule has 0 aromatic carbocycles. The Labute approximate surface area is 112 Å². The number of nitrogens with one attached hydrogen (secondary N) is 1. The second kappa shape index (κ2) is 5.14. The zero-order valence-corrected chi connectivity index (χ0v) is 11.0. The molecule has 0 bridgehead atoms. The molecule has 0 saturated heterocycles. The zero-order chi connectivity index (χ0) is 14.0. The van der Waals surface area contributed by atoms with Gasteiger partial charge in [-0.1, -0.05) is 0 Å². The Morgan fingerprint density at radius 2 is 2.26 bits per heavy atom. The van der Waals surface area contributed by atoms with E-state index in [1.165, 1.54) is 17.7 Å². The summed E-state index contributed by atoms with van der Waals surface area (Å²) >= 11 is 1.08. The average Bonchev–Trinajstić information content (AvgIpc) is 2.72. The Kier molecular flexibility index (Phi) is 3.56. The first-order valence-electron chi connectivity index (χ1n) is 5.17. The van der Waals surface area contributed by atoms with Gasteiger partial charge in [0.05, 0.1) is 12.8 Å². The van der Waals surface area contributed by atoms with Crippen LogP contribution in [0.3, 0.4) is 0 Å². The minimum Gasteiger partial charge on any atom is -0.464 e. The van der Waals surface area contributed by atoms with Gasteiger partial charge in [-0.15, -0.1) is 5.10 Å². The second-order valence-corrected chi connectivity index (χ2v) is 4.51. The standard InChI is InChI=1S/C10H11N5O3S/c1-15-9(17)13-14-10(15)19-7-5(11)3-4-6(12-7)8(16)18-2/h3-4H,11H2,1-2H3,(H,13,17). The van der Waals surface area contributed by atoms with Crippen molar-refractivity contribution in [1.82, 2.24) is 19.7 Å². The molecule has 3 N–H and O–H groups in total. The highest BCUT2D eigenvalue weighted by atomic mass is 32.2. The van der Waals surface area contributed by atoms with E-state index in [9.17, 15) is 9.59 Å². The van der Waals surface area contributed by atoms with E-state index in [-0.39, 0.29) is 11.4 Å². The molecule has 0 unspecified atom stereocenters. The molecule has 0 saturated carbocycles. The maximum atomic E-state index is 11.4. The summed E-state index contributed by atoms with van der Waals surface area (Å²) in [6, 6.07) is 3.02. The van der Waals surface area contributed by atoms with Crippen molar-refractivity contribution in [2.75, 3.05) is 12.8 Å². The molecule has 100 valence electrons. The molecule has 9 heteroatoms. The number of H-pyrrole nitrogens is 1. The summed E-state index contributed by atoms with van der Waals surface area (Å²) in [5.41, 5.74) is 5.95. The molecule has 2 aromatic heterocycles. The fourth-order valence-electron chi connectivity index (χ4n) is 1.26. The van der Waals surface area contributed by atoms with Crippen molar-refractivity contribution in [1.29, 1.82) is 0 Å². The Morgan fingerprint density at radius 1 is 1.53 bits per heavy atom. The number of rotatable bonds is 3. The van der Waals surface area contributed by atoms with Gasteiger partial charge in [0.15, 0.2) is 5.16 Å². The lowest BCUT2D eigenvalue weighted by molar-refractivity contribution is 0.0593. The van der Waals surface area contributed by atoms with E-state index in [1.807, 2.05) is 0 Å². The lowest BCUT2D eigenvalue weighted by Crippen LogP contribution is -2.13. The van der Waals surface area contributed by atoms with Crippen molar-refractivity contribution in [2.45, 2.75) is 10.2 Å². The van der Waals surface area contributed by atoms with E-state index < -0.39 is 5.97 Å². The number of carbonyl (C=O) groups is 1. The average molecular weight is 281 g/mol. The van der Waals surface area contributed by atoms with Crippen molar-refractivity contribution in [3.05, 3.63) is 28.3 Å². The van der Waals surface area contributed by atoms with Crippen LogP contribution in [0.2, 0.25) is 0 Å². The smallest absolute Gasteiger partial charge is 0.356 e. The first kappa shape index (κ1) is 13.1. The molecule has 0 aliphatic carbocycles. The van der Waals surface area contributed by atoms with E-state index in [1.54, 1.807) is 13.1 Å². The fourth-order valence-corrected chi connectivity index (χ4v) is 2.08. The number of ether oxygens (including phenoxy) is 1. The van der Waals surface area contributed by atoms with E-state index in [0.717, 1.165) is 11.8 Å². The van der Waals surface area contributed by atoms with Gasteiger partial charge in [-0.3, -0.25) is 4.57 Å². The van der Waals surface area contributed by atoms with Crippen molar-refractivity contribution < 1.29 is 9.53 Å². The predicted molar refractivity (Wildman–Crippen MR) is 67.9 cm³/mol. The number of esters is 1. The van der Waals surface area contributed by atoms with Gasteiger partial charge in [-0.2, -0.15) is 0 Å². The van der Waals surface area contributed by atoms with Gasteiger partial charge < -0.3 is 10.5 Å². The zero-order valence-electron chi connectivity index (χ0n) is 10.2. The summed E-state index contributed by atoms with van der Waals surface area (Å²) in [7, 11) is 2.83. The number of methoxy groups -OCH3 is 1. The molecule has 2 rings (SSSR count). The maximum Gasteiger partial charge on any atom is 0.356 e. The van der Waals surface area contributed by atoms with Crippen LogP contribution >= 0.6 is 11.8 Å². The largest absolute Gasteiger partial charge is 0.464 e. The molecule has 0 aliphatic rings. The van der Waals surface area contributed by atoms with Crippen LogP contribution in [0.1, 0.15) is 10.5 Å². The quantitative estimate of drug-likeness (QED) is 0.762. The minimum atomic E-state index is -0.558. The predicted octanol–water partition coefficient (Wildman–Crippen LogP) is 0.0234. The third-order valence-corrected chi connectivity index (χ3v) is 3.38. The minimum absolute atomic E-state index is 0.139. The van der Waals surface area contributed by atoms with Gasteiger partial charge in [0.2, 0.25) is 0 Å². The van der Waals surface area contributed by atoms with Crippen molar-refractivity contribution >= 4 is 23.4 Å². The number of hydrogen-bond acceptors (Lipinski definition) is 7. The molecule has 0 atom stereocenters. The molecule has 0 spiro atoms. The molecule has 0 amide bonds. The summed E-state index contributed by atoms with van der Waals surface area (Å²) in [4.78, 5) is 26.7. The van der Waals surface area contributed by atoms with Gasteiger partial charge in [0.25, 0.3) is 0 Å². The normalized spacial score (nSPS) is 10.4. The van der Waals surface area contributed by atoms with Gasteiger partial charge in [0.1, 0.15) is 10.7 Å². The molecule has 0 fully saturated rings. The fraction of sp³-hybridized carbons (Fsp3) is 0.200. The van der Waals surface area contributed by atoms with Gasteiger partial charge in [0, 0.05) is 7.05 Å². The molecular weight excluding hydrogens is 270 g/mol. The highest BCUT2D eigenvalue weighted by Crippen LogP contribution is 2.28. The second-order valence-electron chi connectivity index (χ2n) is 3.55. The van der Waals surface area contributed by atoms with Crippen LogP contribution in [0.15, 0.2) is 27.1 Å². The molecule has 8 nitrogen and oxygen atoms in total. The third kappa shape index (κ3) is 2.60. The lowest BCUT2D eigenvalue weighted by atomic mass is 10.3. The van der Waals surface area contributed by atoms with Crippen LogP contribution in [-0.4, -0.2) is 32.8 Å². The van der Waals surface area contributed by atoms with Crippen molar-refractivity contribution in [3.63, 3.8) is 0 Å². The number of aromatic nitrogens is 4. The molecule has 2 heterocycles. The number of carbonyl (C=O) groups excluding carboxylic acids is 1. The summed E-state index contributed by atoms with van der Waals surface area (Å²) in [5.74, 6) is -0.558. The van der Waals surface area contributed by atoms with Gasteiger partial charge in [-0.05, 0) is 23.9 Å². The number of anilines is 1. The van der Waals surface area contributed by atoms with E-state index in [2.05, 4.69) is 19.9 Å². The Balaban J connectivity index is 2.37. The van der Waals surface area contributed by atoms with Crippen molar-refractivity contribution in [3.8, 4) is 0 Å². The van der Waals surface area contributed by atoms with E-state index in [4.69, 9.17) is 5.73 Å². The van der Waals surface area contributed by atoms with E-state index >= 15 is 0 Å². The van der Waals surface area contributed by atoms with Crippen LogP contribution < -0.4 is 11.4 Å². The van der Waals surface area contributed by atoms with Crippen molar-refractivity contribution in [2.24, 2.45) is 7.05 Å². The van der Waals surface area contributed by atoms with Crippen LogP contribution in [0.4, 0.5) is 5.69 Å².